The molecule has 3 rings (SSSR count). The molecule has 2 N–H and O–H groups in total. The first-order chi connectivity index (χ1) is 15.9. The van der Waals surface area contributed by atoms with Gasteiger partial charge in [0.05, 0.1) is 18.1 Å². The number of hydroxylamine groups is 1. The molecule has 1 fully saturated rings. The summed E-state index contributed by atoms with van der Waals surface area (Å²) < 4.78 is 5.41. The molecule has 1 aromatic carbocycles. The minimum atomic E-state index is -0.373. The van der Waals surface area contributed by atoms with Crippen molar-refractivity contribution in [1.29, 1.82) is 0 Å². The maximum Gasteiger partial charge on any atom is 0.267 e. The summed E-state index contributed by atoms with van der Waals surface area (Å²) in [5.41, 5.74) is 4.13. The highest BCUT2D eigenvalue weighted by atomic mass is 16.8. The molecule has 178 valence electrons. The Morgan fingerprint density at radius 1 is 1.24 bits per heavy atom. The number of hydrogen-bond acceptors (Lipinski definition) is 7. The molecule has 1 aliphatic heterocycles. The highest BCUT2D eigenvalue weighted by Crippen LogP contribution is 2.14. The number of nitrogens with one attached hydrogen (secondary N) is 2. The molecule has 1 atom stereocenters. The topological polar surface area (TPSA) is 88.6 Å². The van der Waals surface area contributed by atoms with E-state index in [9.17, 15) is 4.79 Å². The van der Waals surface area contributed by atoms with Gasteiger partial charge in [-0.15, -0.1) is 0 Å². The number of carbonyl (C=O) groups is 1. The summed E-state index contributed by atoms with van der Waals surface area (Å²) in [6.07, 6.45) is 9.76. The molecule has 8 heteroatoms. The predicted molar refractivity (Wildman–Crippen MR) is 129 cm³/mol. The number of rotatable bonds is 11. The third-order valence-corrected chi connectivity index (χ3v) is 5.26. The van der Waals surface area contributed by atoms with Crippen LogP contribution in [0.3, 0.4) is 0 Å². The van der Waals surface area contributed by atoms with Gasteiger partial charge in [-0.05, 0) is 51.8 Å². The Labute approximate surface area is 196 Å². The van der Waals surface area contributed by atoms with E-state index >= 15 is 0 Å². The molecule has 33 heavy (non-hydrogen) atoms. The zero-order valence-electron chi connectivity index (χ0n) is 19.8. The van der Waals surface area contributed by atoms with Gasteiger partial charge in [0.2, 0.25) is 0 Å². The summed E-state index contributed by atoms with van der Waals surface area (Å²) in [7, 11) is 2.13. The van der Waals surface area contributed by atoms with Gasteiger partial charge in [0.25, 0.3) is 5.91 Å². The molecular weight excluding hydrogens is 418 g/mol. The molecule has 1 aliphatic rings. The SMILES string of the molecule is CN(CCc1ccccc1)CC(C)(C)Nc1cnc(C=CC(=O)NOC2CCCCO2)cn1. The van der Waals surface area contributed by atoms with Gasteiger partial charge >= 0.3 is 0 Å². The van der Waals surface area contributed by atoms with Crippen LogP contribution in [0, 0.1) is 0 Å². The smallest absolute Gasteiger partial charge is 0.267 e. The highest BCUT2D eigenvalue weighted by molar-refractivity contribution is 5.90. The number of hydrogen-bond donors (Lipinski definition) is 2. The first-order valence-corrected chi connectivity index (χ1v) is 11.5. The van der Waals surface area contributed by atoms with E-state index in [4.69, 9.17) is 9.57 Å². The minimum Gasteiger partial charge on any atom is -0.363 e. The van der Waals surface area contributed by atoms with Crippen molar-refractivity contribution < 1.29 is 14.4 Å². The van der Waals surface area contributed by atoms with Crippen molar-refractivity contribution in [3.63, 3.8) is 0 Å². The lowest BCUT2D eigenvalue weighted by Crippen LogP contribution is -2.43. The third-order valence-electron chi connectivity index (χ3n) is 5.26. The van der Waals surface area contributed by atoms with Crippen molar-refractivity contribution in [3.05, 3.63) is 60.1 Å². The largest absolute Gasteiger partial charge is 0.363 e. The lowest BCUT2D eigenvalue weighted by atomic mass is 10.0. The molecule has 0 bridgehead atoms. The van der Waals surface area contributed by atoms with Gasteiger partial charge in [0.1, 0.15) is 5.82 Å². The Balaban J connectivity index is 1.41. The lowest BCUT2D eigenvalue weighted by Gasteiger charge is -2.31. The maximum atomic E-state index is 11.9. The quantitative estimate of drug-likeness (QED) is 0.398. The zero-order chi connectivity index (χ0) is 23.5. The zero-order valence-corrected chi connectivity index (χ0v) is 19.8. The van der Waals surface area contributed by atoms with Crippen molar-refractivity contribution in [2.45, 2.75) is 51.4 Å². The molecule has 0 saturated carbocycles. The number of benzene rings is 1. The van der Waals surface area contributed by atoms with Crippen LogP contribution in [-0.4, -0.2) is 59.3 Å². The van der Waals surface area contributed by atoms with E-state index < -0.39 is 0 Å². The third kappa shape index (κ3) is 9.29. The lowest BCUT2D eigenvalue weighted by molar-refractivity contribution is -0.198. The molecule has 2 aromatic rings. The number of anilines is 1. The Hall–Kier alpha value is -2.81. The normalized spacial score (nSPS) is 16.8. The standard InChI is InChI=1S/C25H35N5O3/c1-25(2,19-30(3)15-14-20-9-5-4-6-10-20)28-22-18-26-21(17-27-22)12-13-23(31)29-33-24-11-7-8-16-32-24/h4-6,9-10,12-13,17-18,24H,7-8,11,14-16,19H2,1-3H3,(H,27,28)(H,29,31). The van der Waals surface area contributed by atoms with Gasteiger partial charge < -0.3 is 15.0 Å². The molecule has 1 unspecified atom stereocenters. The average molecular weight is 454 g/mol. The van der Waals surface area contributed by atoms with Crippen molar-refractivity contribution in [2.75, 3.05) is 32.1 Å². The second-order valence-corrected chi connectivity index (χ2v) is 9.02. The molecule has 1 saturated heterocycles. The van der Waals surface area contributed by atoms with Crippen LogP contribution in [0.2, 0.25) is 0 Å². The predicted octanol–water partition coefficient (Wildman–Crippen LogP) is 3.43. The van der Waals surface area contributed by atoms with E-state index in [0.29, 0.717) is 18.1 Å². The van der Waals surface area contributed by atoms with Crippen LogP contribution in [-0.2, 0) is 20.8 Å². The molecule has 0 aliphatic carbocycles. The van der Waals surface area contributed by atoms with Gasteiger partial charge in [-0.2, -0.15) is 0 Å². The summed E-state index contributed by atoms with van der Waals surface area (Å²) in [5.74, 6) is 0.323. The first-order valence-electron chi connectivity index (χ1n) is 11.5. The van der Waals surface area contributed by atoms with Gasteiger partial charge in [-0.1, -0.05) is 30.3 Å². The number of nitrogens with zero attached hydrogens (tertiary/aromatic N) is 3. The van der Waals surface area contributed by atoms with Crippen molar-refractivity contribution in [1.82, 2.24) is 20.3 Å². The highest BCUT2D eigenvalue weighted by Gasteiger charge is 2.20. The number of ether oxygens (including phenoxy) is 1. The molecule has 0 spiro atoms. The number of carbonyl (C=O) groups excluding carboxylic acids is 1. The number of amides is 1. The van der Waals surface area contributed by atoms with Crippen molar-refractivity contribution in [3.8, 4) is 0 Å². The van der Waals surface area contributed by atoms with E-state index in [1.807, 2.05) is 6.07 Å². The Morgan fingerprint density at radius 3 is 2.76 bits per heavy atom. The van der Waals surface area contributed by atoms with Crippen molar-refractivity contribution >= 4 is 17.8 Å². The van der Waals surface area contributed by atoms with Crippen LogP contribution >= 0.6 is 0 Å². The summed E-state index contributed by atoms with van der Waals surface area (Å²) in [6, 6.07) is 10.5. The Morgan fingerprint density at radius 2 is 2.06 bits per heavy atom. The van der Waals surface area contributed by atoms with Crippen LogP contribution in [0.4, 0.5) is 5.82 Å². The van der Waals surface area contributed by atoms with Crippen LogP contribution in [0.25, 0.3) is 6.08 Å². The van der Waals surface area contributed by atoms with Crippen LogP contribution in [0.15, 0.2) is 48.8 Å². The van der Waals surface area contributed by atoms with Gasteiger partial charge in [-0.3, -0.25) is 9.78 Å². The monoisotopic (exact) mass is 453 g/mol. The van der Waals surface area contributed by atoms with Gasteiger partial charge in [-0.25, -0.2) is 15.3 Å². The van der Waals surface area contributed by atoms with Crippen molar-refractivity contribution in [2.24, 2.45) is 0 Å². The number of likely N-dealkylation sites (N-methyl/N-ethyl adjacent to an activating group) is 1. The van der Waals surface area contributed by atoms with Gasteiger partial charge in [0.15, 0.2) is 6.29 Å². The summed E-state index contributed by atoms with van der Waals surface area (Å²) in [6.45, 7) is 6.77. The fourth-order valence-electron chi connectivity index (χ4n) is 3.72. The Kier molecular flexibility index (Phi) is 9.35. The average Bonchev–Trinajstić information content (AvgIpc) is 2.82. The number of aromatic nitrogens is 2. The first kappa shape index (κ1) is 24.8. The summed E-state index contributed by atoms with van der Waals surface area (Å²) in [4.78, 5) is 28.3. The van der Waals surface area contributed by atoms with E-state index in [1.54, 1.807) is 18.5 Å². The summed E-state index contributed by atoms with van der Waals surface area (Å²) >= 11 is 0. The van der Waals surface area contributed by atoms with Crippen LogP contribution < -0.4 is 10.8 Å². The second kappa shape index (κ2) is 12.4. The molecule has 0 radical (unpaired) electrons. The minimum absolute atomic E-state index is 0.185. The van der Waals surface area contributed by atoms with Crippen LogP contribution in [0.5, 0.6) is 0 Å². The van der Waals surface area contributed by atoms with Gasteiger partial charge in [0, 0.05) is 37.7 Å². The summed E-state index contributed by atoms with van der Waals surface area (Å²) in [5, 5.41) is 3.44. The van der Waals surface area contributed by atoms with E-state index in [0.717, 1.165) is 38.8 Å². The molecule has 1 amide bonds. The molecule has 1 aromatic heterocycles. The van der Waals surface area contributed by atoms with E-state index in [-0.39, 0.29) is 17.7 Å². The molecular formula is C25H35N5O3. The molecule has 2 heterocycles. The van der Waals surface area contributed by atoms with E-state index in [1.165, 1.54) is 11.6 Å². The Bertz CT molecular complexity index is 881. The molecule has 8 nitrogen and oxygen atoms in total. The second-order valence-electron chi connectivity index (χ2n) is 9.02. The maximum absolute atomic E-state index is 11.9. The fraction of sp³-hybridized carbons (Fsp3) is 0.480. The van der Waals surface area contributed by atoms with E-state index in [2.05, 4.69) is 70.8 Å². The van der Waals surface area contributed by atoms with Crippen LogP contribution in [0.1, 0.15) is 44.4 Å². The fourth-order valence-corrected chi connectivity index (χ4v) is 3.72.